The predicted molar refractivity (Wildman–Crippen MR) is 126 cm³/mol. The molecule has 0 atom stereocenters. The van der Waals surface area contributed by atoms with Crippen molar-refractivity contribution in [1.82, 2.24) is 4.98 Å². The lowest BCUT2D eigenvalue weighted by atomic mass is 10.2. The largest absolute Gasteiger partial charge is 0.326 e. The molecule has 0 fully saturated rings. The van der Waals surface area contributed by atoms with Crippen molar-refractivity contribution in [2.45, 2.75) is 25.2 Å². The van der Waals surface area contributed by atoms with E-state index in [9.17, 15) is 13.2 Å². The first kappa shape index (κ1) is 21.2. The molecule has 7 heteroatoms. The molecule has 0 saturated heterocycles. The number of aryl methyl sites for hydroxylation is 2. The van der Waals surface area contributed by atoms with Gasteiger partial charge in [-0.2, -0.15) is 0 Å². The summed E-state index contributed by atoms with van der Waals surface area (Å²) in [6.45, 7) is 3.95. The van der Waals surface area contributed by atoms with E-state index in [1.165, 1.54) is 5.56 Å². The highest BCUT2D eigenvalue weighted by Crippen LogP contribution is 2.31. The highest BCUT2D eigenvalue weighted by atomic mass is 32.2. The number of carbonyl (C=O) groups is 1. The molecule has 3 aromatic carbocycles. The predicted octanol–water partition coefficient (Wildman–Crippen LogP) is 5.38. The Kier molecular flexibility index (Phi) is 5.89. The van der Waals surface area contributed by atoms with Gasteiger partial charge in [-0.25, -0.2) is 13.4 Å². The van der Waals surface area contributed by atoms with E-state index in [0.717, 1.165) is 26.4 Å². The normalized spacial score (nSPS) is 11.5. The molecule has 0 unspecified atom stereocenters. The molecular weight excluding hydrogens is 428 g/mol. The third-order valence-electron chi connectivity index (χ3n) is 4.94. The SMILES string of the molecule is Cc1ccc(S(=O)(=O)CCC(=O)Nc2ccc(-c3nc4ccc(C)cc4s3)cc2)cc1. The summed E-state index contributed by atoms with van der Waals surface area (Å²) in [4.78, 5) is 17.2. The first-order valence-electron chi connectivity index (χ1n) is 9.87. The second kappa shape index (κ2) is 8.61. The Bertz CT molecular complexity index is 1340. The summed E-state index contributed by atoms with van der Waals surface area (Å²) in [5, 5.41) is 3.69. The molecule has 0 aliphatic heterocycles. The first-order valence-corrected chi connectivity index (χ1v) is 12.3. The van der Waals surface area contributed by atoms with Crippen molar-refractivity contribution in [3.63, 3.8) is 0 Å². The van der Waals surface area contributed by atoms with Gasteiger partial charge in [-0.05, 0) is 67.9 Å². The number of hydrogen-bond donors (Lipinski definition) is 1. The minimum Gasteiger partial charge on any atom is -0.326 e. The van der Waals surface area contributed by atoms with E-state index < -0.39 is 9.84 Å². The van der Waals surface area contributed by atoms with E-state index in [4.69, 9.17) is 0 Å². The number of aromatic nitrogens is 1. The lowest BCUT2D eigenvalue weighted by molar-refractivity contribution is -0.115. The quantitative estimate of drug-likeness (QED) is 0.428. The van der Waals surface area contributed by atoms with Crippen LogP contribution in [0.25, 0.3) is 20.8 Å². The number of nitrogens with one attached hydrogen (secondary N) is 1. The fraction of sp³-hybridized carbons (Fsp3) is 0.167. The number of amides is 1. The highest BCUT2D eigenvalue weighted by molar-refractivity contribution is 7.91. The maximum Gasteiger partial charge on any atom is 0.225 e. The summed E-state index contributed by atoms with van der Waals surface area (Å²) in [7, 11) is -3.49. The lowest BCUT2D eigenvalue weighted by Gasteiger charge is -2.07. The molecule has 1 N–H and O–H groups in total. The Morgan fingerprint density at radius 2 is 1.61 bits per heavy atom. The molecule has 5 nitrogen and oxygen atoms in total. The summed E-state index contributed by atoms with van der Waals surface area (Å²) in [5.74, 6) is -0.565. The van der Waals surface area contributed by atoms with Crippen LogP contribution in [0.5, 0.6) is 0 Å². The molecule has 1 amide bonds. The highest BCUT2D eigenvalue weighted by Gasteiger charge is 2.16. The van der Waals surface area contributed by atoms with Crippen molar-refractivity contribution in [3.8, 4) is 10.6 Å². The molecule has 0 bridgehead atoms. The van der Waals surface area contributed by atoms with Crippen LogP contribution in [0.3, 0.4) is 0 Å². The van der Waals surface area contributed by atoms with E-state index in [0.29, 0.717) is 5.69 Å². The zero-order valence-electron chi connectivity index (χ0n) is 17.3. The topological polar surface area (TPSA) is 76.1 Å². The Balaban J connectivity index is 1.39. The Morgan fingerprint density at radius 1 is 0.935 bits per heavy atom. The standard InChI is InChI=1S/C24H22N2O3S2/c1-16-3-10-20(11-4-16)31(28,29)14-13-23(27)25-19-8-6-18(7-9-19)24-26-21-12-5-17(2)15-22(21)30-24/h3-12,15H,13-14H2,1-2H3,(H,25,27). The van der Waals surface area contributed by atoms with Gasteiger partial charge in [0, 0.05) is 17.7 Å². The number of sulfone groups is 1. The van der Waals surface area contributed by atoms with Crippen LogP contribution in [0.2, 0.25) is 0 Å². The van der Waals surface area contributed by atoms with Crippen molar-refractivity contribution < 1.29 is 13.2 Å². The van der Waals surface area contributed by atoms with E-state index >= 15 is 0 Å². The molecule has 0 aliphatic carbocycles. The summed E-state index contributed by atoms with van der Waals surface area (Å²) >= 11 is 1.63. The Hall–Kier alpha value is -3.03. The fourth-order valence-corrected chi connectivity index (χ4v) is 5.48. The minimum atomic E-state index is -3.49. The molecule has 31 heavy (non-hydrogen) atoms. The first-order chi connectivity index (χ1) is 14.8. The number of anilines is 1. The average Bonchev–Trinajstić information content (AvgIpc) is 3.16. The summed E-state index contributed by atoms with van der Waals surface area (Å²) in [6.07, 6.45) is -0.102. The molecule has 4 aromatic rings. The van der Waals surface area contributed by atoms with Crippen LogP contribution >= 0.6 is 11.3 Å². The Morgan fingerprint density at radius 3 is 2.32 bits per heavy atom. The van der Waals surface area contributed by atoms with E-state index in [2.05, 4.69) is 23.3 Å². The van der Waals surface area contributed by atoms with Crippen LogP contribution in [-0.4, -0.2) is 25.1 Å². The number of thiazole rings is 1. The van der Waals surface area contributed by atoms with Crippen LogP contribution in [0, 0.1) is 13.8 Å². The zero-order valence-corrected chi connectivity index (χ0v) is 18.9. The van der Waals surface area contributed by atoms with Crippen LogP contribution < -0.4 is 5.32 Å². The molecule has 0 radical (unpaired) electrons. The lowest BCUT2D eigenvalue weighted by Crippen LogP contribution is -2.17. The van der Waals surface area contributed by atoms with Gasteiger partial charge >= 0.3 is 0 Å². The van der Waals surface area contributed by atoms with Crippen LogP contribution in [-0.2, 0) is 14.6 Å². The van der Waals surface area contributed by atoms with Crippen LogP contribution in [0.4, 0.5) is 5.69 Å². The maximum atomic E-state index is 12.4. The second-order valence-electron chi connectivity index (χ2n) is 7.50. The number of carbonyl (C=O) groups excluding carboxylic acids is 1. The summed E-state index contributed by atoms with van der Waals surface area (Å²) in [5.41, 5.74) is 4.75. The third kappa shape index (κ3) is 5.00. The van der Waals surface area contributed by atoms with Gasteiger partial charge in [-0.15, -0.1) is 11.3 Å². The molecule has 0 aliphatic rings. The second-order valence-corrected chi connectivity index (χ2v) is 10.6. The molecule has 1 aromatic heterocycles. The van der Waals surface area contributed by atoms with Gasteiger partial charge in [-0.3, -0.25) is 4.79 Å². The van der Waals surface area contributed by atoms with E-state index in [1.54, 1.807) is 47.7 Å². The van der Waals surface area contributed by atoms with Crippen molar-refractivity contribution in [2.24, 2.45) is 0 Å². The molecule has 1 heterocycles. The van der Waals surface area contributed by atoms with E-state index in [-0.39, 0.29) is 23.0 Å². The van der Waals surface area contributed by atoms with Gasteiger partial charge in [0.2, 0.25) is 5.91 Å². The number of rotatable bonds is 6. The molecule has 0 spiro atoms. The van der Waals surface area contributed by atoms with Gasteiger partial charge in [0.1, 0.15) is 5.01 Å². The maximum absolute atomic E-state index is 12.4. The molecule has 0 saturated carbocycles. The van der Waals surface area contributed by atoms with Gasteiger partial charge < -0.3 is 5.32 Å². The minimum absolute atomic E-state index is 0.102. The fourth-order valence-electron chi connectivity index (χ4n) is 3.17. The van der Waals surface area contributed by atoms with Crippen LogP contribution in [0.1, 0.15) is 17.5 Å². The van der Waals surface area contributed by atoms with E-state index in [1.807, 2.05) is 31.2 Å². The van der Waals surface area contributed by atoms with Crippen molar-refractivity contribution in [1.29, 1.82) is 0 Å². The summed E-state index contributed by atoms with van der Waals surface area (Å²) < 4.78 is 26.0. The molecule has 158 valence electrons. The van der Waals surface area contributed by atoms with Gasteiger partial charge in [0.15, 0.2) is 9.84 Å². The number of fused-ring (bicyclic) bond motifs is 1. The molecular formula is C24H22N2O3S2. The van der Waals surface area contributed by atoms with Crippen molar-refractivity contribution in [3.05, 3.63) is 77.9 Å². The number of nitrogens with zero attached hydrogens (tertiary/aromatic N) is 1. The molecule has 4 rings (SSSR count). The van der Waals surface area contributed by atoms with Gasteiger partial charge in [-0.1, -0.05) is 23.8 Å². The number of benzene rings is 3. The van der Waals surface area contributed by atoms with Gasteiger partial charge in [0.05, 0.1) is 20.9 Å². The monoisotopic (exact) mass is 450 g/mol. The summed E-state index contributed by atoms with van der Waals surface area (Å²) in [6, 6.07) is 20.3. The number of hydrogen-bond acceptors (Lipinski definition) is 5. The van der Waals surface area contributed by atoms with Crippen molar-refractivity contribution >= 4 is 43.0 Å². The zero-order chi connectivity index (χ0) is 22.0. The third-order valence-corrected chi connectivity index (χ3v) is 7.74. The van der Waals surface area contributed by atoms with Crippen molar-refractivity contribution in [2.75, 3.05) is 11.1 Å². The Labute approximate surface area is 185 Å². The van der Waals surface area contributed by atoms with Gasteiger partial charge in [0.25, 0.3) is 0 Å². The van der Waals surface area contributed by atoms with Crippen LogP contribution in [0.15, 0.2) is 71.6 Å². The smallest absolute Gasteiger partial charge is 0.225 e. The average molecular weight is 451 g/mol.